The van der Waals surface area contributed by atoms with E-state index >= 15 is 0 Å². The summed E-state index contributed by atoms with van der Waals surface area (Å²) in [5.41, 5.74) is 3.08. The van der Waals surface area contributed by atoms with Gasteiger partial charge in [-0.15, -0.1) is 0 Å². The number of cyclic esters (lactones) is 1. The van der Waals surface area contributed by atoms with Crippen molar-refractivity contribution in [3.63, 3.8) is 0 Å². The number of nitrogens with one attached hydrogen (secondary N) is 1. The molecule has 0 unspecified atom stereocenters. The molecule has 1 aliphatic heterocycles. The van der Waals surface area contributed by atoms with Crippen LogP contribution in [0.25, 0.3) is 0 Å². The second-order valence-corrected chi connectivity index (χ2v) is 6.47. The fourth-order valence-corrected chi connectivity index (χ4v) is 3.03. The second-order valence-electron chi connectivity index (χ2n) is 5.23. The average molecular weight is 422 g/mol. The zero-order chi connectivity index (χ0) is 16.4. The van der Waals surface area contributed by atoms with Crippen LogP contribution in [0.4, 0.5) is 16.2 Å². The van der Waals surface area contributed by atoms with Gasteiger partial charge in [0, 0.05) is 20.5 Å². The van der Waals surface area contributed by atoms with E-state index in [1.807, 2.05) is 25.1 Å². The van der Waals surface area contributed by atoms with Gasteiger partial charge in [-0.2, -0.15) is 0 Å². The van der Waals surface area contributed by atoms with Crippen LogP contribution in [0.15, 0.2) is 42.5 Å². The zero-order valence-corrected chi connectivity index (χ0v) is 14.7. The Kier molecular flexibility index (Phi) is 4.51. The van der Waals surface area contributed by atoms with E-state index in [-0.39, 0.29) is 12.0 Å². The molecule has 0 saturated carbocycles. The molecule has 0 spiro atoms. The lowest BCUT2D eigenvalue weighted by atomic mass is 10.1. The van der Waals surface area contributed by atoms with Crippen molar-refractivity contribution in [2.24, 2.45) is 0 Å². The van der Waals surface area contributed by atoms with Gasteiger partial charge in [0.25, 0.3) is 5.91 Å². The summed E-state index contributed by atoms with van der Waals surface area (Å²) in [7, 11) is 0. The molecule has 0 bridgehead atoms. The molecule has 0 aliphatic carbocycles. The number of ether oxygens (including phenoxy) is 1. The third-order valence-electron chi connectivity index (χ3n) is 3.64. The Hall–Kier alpha value is -2.09. The van der Waals surface area contributed by atoms with E-state index in [1.165, 1.54) is 0 Å². The largest absolute Gasteiger partial charge is 0.447 e. The first-order valence-electron chi connectivity index (χ1n) is 7.16. The predicted octanol–water partition coefficient (Wildman–Crippen LogP) is 3.81. The number of halogens is 1. The molecular formula is C17H15IN2O3. The molecule has 0 radical (unpaired) electrons. The van der Waals surface area contributed by atoms with Crippen molar-refractivity contribution in [3.8, 4) is 0 Å². The molecule has 1 aliphatic rings. The maximum absolute atomic E-state index is 12.3. The molecule has 23 heavy (non-hydrogen) atoms. The third-order valence-corrected chi connectivity index (χ3v) is 4.31. The van der Waals surface area contributed by atoms with Crippen LogP contribution in [0.5, 0.6) is 0 Å². The van der Waals surface area contributed by atoms with Gasteiger partial charge in [-0.3, -0.25) is 9.69 Å². The summed E-state index contributed by atoms with van der Waals surface area (Å²) >= 11 is 2.24. The third kappa shape index (κ3) is 3.47. The van der Waals surface area contributed by atoms with Gasteiger partial charge in [-0.05, 0) is 77.5 Å². The minimum Gasteiger partial charge on any atom is -0.447 e. The molecule has 1 N–H and O–H groups in total. The molecule has 3 rings (SSSR count). The average Bonchev–Trinajstić information content (AvgIpc) is 2.96. The number of anilines is 2. The number of carbonyl (C=O) groups excluding carboxylic acids is 2. The first-order valence-corrected chi connectivity index (χ1v) is 8.24. The number of benzene rings is 2. The van der Waals surface area contributed by atoms with Crippen LogP contribution in [0.3, 0.4) is 0 Å². The molecule has 118 valence electrons. The Labute approximate surface area is 147 Å². The SMILES string of the molecule is Cc1cc(I)ccc1NC(=O)c1ccc(N2CCOC2=O)cc1. The first kappa shape index (κ1) is 15.8. The molecule has 5 nitrogen and oxygen atoms in total. The smallest absolute Gasteiger partial charge is 0.414 e. The van der Waals surface area contributed by atoms with Crippen molar-refractivity contribution in [2.45, 2.75) is 6.92 Å². The summed E-state index contributed by atoms with van der Waals surface area (Å²) in [4.78, 5) is 25.4. The molecule has 2 amide bonds. The van der Waals surface area contributed by atoms with E-state index in [1.54, 1.807) is 29.2 Å². The Bertz CT molecular complexity index is 759. The van der Waals surface area contributed by atoms with Gasteiger partial charge in [-0.25, -0.2) is 4.79 Å². The van der Waals surface area contributed by atoms with Crippen LogP contribution in [0.1, 0.15) is 15.9 Å². The number of aryl methyl sites for hydroxylation is 1. The van der Waals surface area contributed by atoms with E-state index in [9.17, 15) is 9.59 Å². The standard InChI is InChI=1S/C17H15IN2O3/c1-11-10-13(18)4-7-15(11)19-16(21)12-2-5-14(6-3-12)20-8-9-23-17(20)22/h2-7,10H,8-9H2,1H3,(H,19,21). The van der Waals surface area contributed by atoms with E-state index in [2.05, 4.69) is 27.9 Å². The maximum atomic E-state index is 12.3. The summed E-state index contributed by atoms with van der Waals surface area (Å²) in [6.45, 7) is 2.89. The lowest BCUT2D eigenvalue weighted by Gasteiger charge is -2.13. The molecule has 1 heterocycles. The van der Waals surface area contributed by atoms with Gasteiger partial charge in [0.2, 0.25) is 0 Å². The highest BCUT2D eigenvalue weighted by molar-refractivity contribution is 14.1. The number of hydrogen-bond donors (Lipinski definition) is 1. The van der Waals surface area contributed by atoms with Crippen molar-refractivity contribution < 1.29 is 14.3 Å². The molecule has 2 aromatic rings. The Balaban J connectivity index is 1.74. The van der Waals surface area contributed by atoms with E-state index in [0.29, 0.717) is 18.7 Å². The molecule has 1 saturated heterocycles. The monoisotopic (exact) mass is 422 g/mol. The van der Waals surface area contributed by atoms with Crippen molar-refractivity contribution in [1.82, 2.24) is 0 Å². The van der Waals surface area contributed by atoms with Gasteiger partial charge >= 0.3 is 6.09 Å². The van der Waals surface area contributed by atoms with Crippen LogP contribution in [0, 0.1) is 10.5 Å². The van der Waals surface area contributed by atoms with E-state index in [4.69, 9.17) is 4.74 Å². The molecule has 1 fully saturated rings. The summed E-state index contributed by atoms with van der Waals surface area (Å²) in [5.74, 6) is -0.176. The lowest BCUT2D eigenvalue weighted by molar-refractivity contribution is 0.102. The summed E-state index contributed by atoms with van der Waals surface area (Å²) in [6.07, 6.45) is -0.350. The summed E-state index contributed by atoms with van der Waals surface area (Å²) in [5, 5.41) is 2.90. The topological polar surface area (TPSA) is 58.6 Å². The fourth-order valence-electron chi connectivity index (χ4n) is 2.38. The molecule has 6 heteroatoms. The molecule has 0 atom stereocenters. The first-order chi connectivity index (χ1) is 11.0. The van der Waals surface area contributed by atoms with Crippen molar-refractivity contribution >= 4 is 46.0 Å². The minimum absolute atomic E-state index is 0.176. The van der Waals surface area contributed by atoms with Crippen LogP contribution < -0.4 is 10.2 Å². The van der Waals surface area contributed by atoms with Crippen molar-refractivity contribution in [2.75, 3.05) is 23.4 Å². The number of carbonyl (C=O) groups is 2. The Morgan fingerprint density at radius 3 is 2.57 bits per heavy atom. The lowest BCUT2D eigenvalue weighted by Crippen LogP contribution is -2.23. The van der Waals surface area contributed by atoms with Gasteiger partial charge < -0.3 is 10.1 Å². The van der Waals surface area contributed by atoms with Gasteiger partial charge in [0.05, 0.1) is 6.54 Å². The highest BCUT2D eigenvalue weighted by Gasteiger charge is 2.23. The van der Waals surface area contributed by atoms with E-state index < -0.39 is 0 Å². The Morgan fingerprint density at radius 2 is 1.96 bits per heavy atom. The van der Waals surface area contributed by atoms with Crippen LogP contribution in [-0.4, -0.2) is 25.2 Å². The number of nitrogens with zero attached hydrogens (tertiary/aromatic N) is 1. The van der Waals surface area contributed by atoms with Gasteiger partial charge in [0.1, 0.15) is 6.61 Å². The molecule has 2 aromatic carbocycles. The highest BCUT2D eigenvalue weighted by atomic mass is 127. The quantitative estimate of drug-likeness (QED) is 0.766. The zero-order valence-electron chi connectivity index (χ0n) is 12.5. The van der Waals surface area contributed by atoms with Crippen molar-refractivity contribution in [1.29, 1.82) is 0 Å². The van der Waals surface area contributed by atoms with Crippen LogP contribution in [-0.2, 0) is 4.74 Å². The minimum atomic E-state index is -0.350. The second kappa shape index (κ2) is 6.57. The predicted molar refractivity (Wildman–Crippen MR) is 97.0 cm³/mol. The van der Waals surface area contributed by atoms with E-state index in [0.717, 1.165) is 20.5 Å². The maximum Gasteiger partial charge on any atom is 0.414 e. The summed E-state index contributed by atoms with van der Waals surface area (Å²) in [6, 6.07) is 12.8. The summed E-state index contributed by atoms with van der Waals surface area (Å²) < 4.78 is 6.03. The van der Waals surface area contributed by atoms with Gasteiger partial charge in [-0.1, -0.05) is 0 Å². The van der Waals surface area contributed by atoms with Crippen LogP contribution in [0.2, 0.25) is 0 Å². The van der Waals surface area contributed by atoms with Crippen molar-refractivity contribution in [3.05, 3.63) is 57.2 Å². The number of hydrogen-bond acceptors (Lipinski definition) is 3. The number of rotatable bonds is 3. The van der Waals surface area contributed by atoms with Crippen LogP contribution >= 0.6 is 22.6 Å². The molecule has 0 aromatic heterocycles. The number of amides is 2. The highest BCUT2D eigenvalue weighted by Crippen LogP contribution is 2.21. The normalized spacial score (nSPS) is 13.8. The Morgan fingerprint density at radius 1 is 1.22 bits per heavy atom. The van der Waals surface area contributed by atoms with Gasteiger partial charge in [0.15, 0.2) is 0 Å². The molecular weight excluding hydrogens is 407 g/mol. The fraction of sp³-hybridized carbons (Fsp3) is 0.176.